The number of halogens is 2. The van der Waals surface area contributed by atoms with Gasteiger partial charge in [-0.2, -0.15) is 15.2 Å². The van der Waals surface area contributed by atoms with Crippen molar-refractivity contribution in [2.45, 2.75) is 50.7 Å². The van der Waals surface area contributed by atoms with Gasteiger partial charge in [-0.05, 0) is 51.4 Å². The number of nitriles is 1. The normalized spacial score (nSPS) is 22.7. The molecule has 1 aromatic carbocycles. The molecule has 0 spiro atoms. The van der Waals surface area contributed by atoms with E-state index in [0.717, 1.165) is 68.5 Å². The highest BCUT2D eigenvalue weighted by Gasteiger charge is 2.29. The van der Waals surface area contributed by atoms with Crippen molar-refractivity contribution in [2.24, 2.45) is 0 Å². The van der Waals surface area contributed by atoms with Crippen molar-refractivity contribution < 1.29 is 13.5 Å². The number of fused-ring (bicyclic) bond motifs is 1. The molecule has 36 heavy (non-hydrogen) atoms. The lowest BCUT2D eigenvalue weighted by Gasteiger charge is -2.35. The van der Waals surface area contributed by atoms with Crippen molar-refractivity contribution in [3.8, 4) is 12.1 Å². The summed E-state index contributed by atoms with van der Waals surface area (Å²) in [6, 6.07) is 7.26. The summed E-state index contributed by atoms with van der Waals surface area (Å²) in [7, 11) is 2.10. The van der Waals surface area contributed by atoms with E-state index < -0.39 is 11.6 Å². The number of piperazine rings is 1. The largest absolute Gasteiger partial charge is 0.462 e. The molecule has 0 radical (unpaired) electrons. The van der Waals surface area contributed by atoms with Crippen LogP contribution in [0.2, 0.25) is 0 Å². The summed E-state index contributed by atoms with van der Waals surface area (Å²) in [5.74, 6) is -0.854. The van der Waals surface area contributed by atoms with E-state index in [1.807, 2.05) is 4.90 Å². The summed E-state index contributed by atoms with van der Waals surface area (Å²) >= 11 is 0. The van der Waals surface area contributed by atoms with E-state index in [0.29, 0.717) is 44.7 Å². The van der Waals surface area contributed by atoms with E-state index in [9.17, 15) is 14.0 Å². The third-order valence-corrected chi connectivity index (χ3v) is 7.49. The van der Waals surface area contributed by atoms with Crippen LogP contribution >= 0.6 is 0 Å². The van der Waals surface area contributed by atoms with Gasteiger partial charge in [0.05, 0.1) is 30.4 Å². The first kappa shape index (κ1) is 24.7. The maximum Gasteiger partial charge on any atom is 0.318 e. The van der Waals surface area contributed by atoms with E-state index in [2.05, 4.69) is 28.2 Å². The lowest BCUT2D eigenvalue weighted by Crippen LogP contribution is -2.51. The van der Waals surface area contributed by atoms with Gasteiger partial charge in [0, 0.05) is 43.8 Å². The molecule has 8 nitrogen and oxygen atoms in total. The summed E-state index contributed by atoms with van der Waals surface area (Å²) in [5, 5.41) is 12.6. The molecule has 0 bridgehead atoms. The molecule has 4 heterocycles. The molecule has 0 amide bonds. The molecule has 1 unspecified atom stereocenters. The molecule has 10 heteroatoms. The number of nitrogens with zero attached hydrogens (tertiary/aromatic N) is 6. The van der Waals surface area contributed by atoms with Gasteiger partial charge in [-0.25, -0.2) is 8.78 Å². The Hall–Kier alpha value is -3.03. The number of nitrogens with one attached hydrogen (secondary N) is 1. The van der Waals surface area contributed by atoms with Gasteiger partial charge in [0.1, 0.15) is 12.4 Å². The lowest BCUT2D eigenvalue weighted by molar-refractivity contribution is 0.187. The summed E-state index contributed by atoms with van der Waals surface area (Å²) in [4.78, 5) is 16.0. The monoisotopic (exact) mass is 497 g/mol. The molecule has 2 saturated heterocycles. The van der Waals surface area contributed by atoms with Crippen molar-refractivity contribution in [1.82, 2.24) is 20.2 Å². The fraction of sp³-hybridized carbons (Fsp3) is 0.577. The second-order valence-corrected chi connectivity index (χ2v) is 9.90. The van der Waals surface area contributed by atoms with Gasteiger partial charge in [-0.15, -0.1) is 0 Å². The number of likely N-dealkylation sites (N-methyl/N-ethyl adjacent to an activating group) is 1. The van der Waals surface area contributed by atoms with E-state index in [1.165, 1.54) is 6.07 Å². The first-order valence-corrected chi connectivity index (χ1v) is 12.8. The Kier molecular flexibility index (Phi) is 7.48. The molecule has 1 aromatic heterocycles. The number of hydrogen-bond donors (Lipinski definition) is 1. The van der Waals surface area contributed by atoms with Crippen LogP contribution in [0.1, 0.15) is 36.9 Å². The van der Waals surface area contributed by atoms with E-state index in [1.54, 1.807) is 6.07 Å². The summed E-state index contributed by atoms with van der Waals surface area (Å²) in [6.07, 6.45) is 4.15. The number of ether oxygens (including phenoxy) is 1. The zero-order valence-corrected chi connectivity index (χ0v) is 20.7. The molecular formula is C26H33F2N7O. The molecule has 5 rings (SSSR count). The minimum absolute atomic E-state index is 0.0644. The third kappa shape index (κ3) is 5.22. The summed E-state index contributed by atoms with van der Waals surface area (Å²) < 4.78 is 34.8. The predicted molar refractivity (Wildman–Crippen MR) is 133 cm³/mol. The first-order chi connectivity index (χ1) is 17.5. The highest BCUT2D eigenvalue weighted by Crippen LogP contribution is 2.32. The van der Waals surface area contributed by atoms with Crippen LogP contribution in [0.4, 0.5) is 20.3 Å². The molecule has 1 N–H and O–H groups in total. The van der Waals surface area contributed by atoms with Crippen molar-refractivity contribution >= 4 is 11.5 Å². The Morgan fingerprint density at radius 3 is 2.86 bits per heavy atom. The molecule has 192 valence electrons. The predicted octanol–water partition coefficient (Wildman–Crippen LogP) is 2.87. The number of rotatable bonds is 6. The van der Waals surface area contributed by atoms with Crippen LogP contribution in [0.25, 0.3) is 0 Å². The Morgan fingerprint density at radius 1 is 1.17 bits per heavy atom. The van der Waals surface area contributed by atoms with Crippen LogP contribution < -0.4 is 19.9 Å². The Balaban J connectivity index is 1.47. The summed E-state index contributed by atoms with van der Waals surface area (Å²) in [6.45, 7) is 4.68. The quantitative estimate of drug-likeness (QED) is 0.653. The van der Waals surface area contributed by atoms with Gasteiger partial charge in [0.25, 0.3) is 0 Å². The minimum Gasteiger partial charge on any atom is -0.462 e. The van der Waals surface area contributed by atoms with Crippen molar-refractivity contribution in [1.29, 1.82) is 5.26 Å². The lowest BCUT2D eigenvalue weighted by atomic mass is 10.1. The second-order valence-electron chi connectivity index (χ2n) is 9.90. The van der Waals surface area contributed by atoms with Crippen LogP contribution in [-0.2, 0) is 13.0 Å². The second kappa shape index (κ2) is 10.9. The van der Waals surface area contributed by atoms with Gasteiger partial charge in [-0.3, -0.25) is 0 Å². The molecule has 0 saturated carbocycles. The molecule has 3 aliphatic heterocycles. The van der Waals surface area contributed by atoms with Crippen molar-refractivity contribution in [3.05, 3.63) is 41.1 Å². The number of likely N-dealkylation sites (tertiary alicyclic amines) is 1. The van der Waals surface area contributed by atoms with Crippen LogP contribution in [0, 0.1) is 23.0 Å². The molecule has 2 fully saturated rings. The van der Waals surface area contributed by atoms with E-state index in [4.69, 9.17) is 14.7 Å². The molecule has 2 atom stereocenters. The highest BCUT2D eigenvalue weighted by atomic mass is 19.2. The minimum atomic E-state index is -0.852. The average Bonchev–Trinajstić information content (AvgIpc) is 3.17. The molecular weight excluding hydrogens is 464 g/mol. The van der Waals surface area contributed by atoms with Crippen molar-refractivity contribution in [2.75, 3.05) is 56.2 Å². The van der Waals surface area contributed by atoms with E-state index >= 15 is 0 Å². The maximum absolute atomic E-state index is 14.7. The fourth-order valence-corrected chi connectivity index (χ4v) is 5.48. The topological polar surface area (TPSA) is 80.5 Å². The standard InChI is InChI=1S/C26H33F2N7O/c1-33-12-3-5-19(33)17-36-26-31-22-16-34(23-8-2-7-21(27)24(23)28)13-4-6-20(22)25(32-26)35-14-11-30-18(15-35)9-10-29/h2,7-8,18-19,30H,3-6,9,11-17H2,1H3/t18?,19-/m0/s1. The SMILES string of the molecule is CN1CCC[C@H]1COc1nc2c(c(N3CCNC(CC#N)C3)n1)CCCN(c1cccc(F)c1F)C2. The number of benzene rings is 1. The van der Waals surface area contributed by atoms with Gasteiger partial charge in [0.15, 0.2) is 11.6 Å². The molecule has 2 aromatic rings. The third-order valence-electron chi connectivity index (χ3n) is 7.49. The Bertz CT molecular complexity index is 1120. The smallest absolute Gasteiger partial charge is 0.318 e. The number of anilines is 2. The highest BCUT2D eigenvalue weighted by molar-refractivity contribution is 5.55. The van der Waals surface area contributed by atoms with Crippen LogP contribution in [0.3, 0.4) is 0 Å². The zero-order valence-electron chi connectivity index (χ0n) is 20.7. The fourth-order valence-electron chi connectivity index (χ4n) is 5.48. The number of hydrogen-bond acceptors (Lipinski definition) is 8. The Morgan fingerprint density at radius 2 is 2.06 bits per heavy atom. The average molecular weight is 498 g/mol. The van der Waals surface area contributed by atoms with Crippen molar-refractivity contribution in [3.63, 3.8) is 0 Å². The van der Waals surface area contributed by atoms with Crippen LogP contribution in [0.5, 0.6) is 6.01 Å². The van der Waals surface area contributed by atoms with Crippen LogP contribution in [0.15, 0.2) is 18.2 Å². The van der Waals surface area contributed by atoms with Gasteiger partial charge in [-0.1, -0.05) is 6.07 Å². The maximum atomic E-state index is 14.7. The van der Waals surface area contributed by atoms with Gasteiger partial charge in [0.2, 0.25) is 0 Å². The number of aromatic nitrogens is 2. The van der Waals surface area contributed by atoms with E-state index in [-0.39, 0.29) is 11.7 Å². The van der Waals surface area contributed by atoms with Crippen LogP contribution in [-0.4, -0.2) is 73.3 Å². The van der Waals surface area contributed by atoms with Gasteiger partial charge < -0.3 is 24.8 Å². The van der Waals surface area contributed by atoms with Gasteiger partial charge >= 0.3 is 6.01 Å². The Labute approximate surface area is 210 Å². The summed E-state index contributed by atoms with van der Waals surface area (Å²) in [5.41, 5.74) is 2.05. The first-order valence-electron chi connectivity index (χ1n) is 12.8. The molecule has 0 aliphatic carbocycles. The molecule has 3 aliphatic rings. The zero-order chi connectivity index (χ0) is 25.1.